The highest BCUT2D eigenvalue weighted by Crippen LogP contribution is 2.22. The number of nitriles is 1. The molecule has 0 radical (unpaired) electrons. The van der Waals surface area contributed by atoms with Gasteiger partial charge in [-0.15, -0.1) is 10.2 Å². The first-order valence-corrected chi connectivity index (χ1v) is 39.0. The molecule has 0 bridgehead atoms. The van der Waals surface area contributed by atoms with Crippen molar-refractivity contribution < 1.29 is 62.1 Å². The van der Waals surface area contributed by atoms with E-state index in [-0.39, 0.29) is 115 Å². The number of esters is 1. The first-order chi connectivity index (χ1) is 53.6. The third-order valence-electron chi connectivity index (χ3n) is 13.6. The van der Waals surface area contributed by atoms with E-state index >= 15 is 0 Å². The zero-order chi connectivity index (χ0) is 88.5. The van der Waals surface area contributed by atoms with Gasteiger partial charge in [0.1, 0.15) is 42.5 Å². The Morgan fingerprint density at radius 3 is 1.51 bits per heavy atom. The van der Waals surface area contributed by atoms with Crippen molar-refractivity contribution >= 4 is 93.7 Å². The average molecular weight is 1690 g/mol. The Balaban J connectivity index is 0. The molecular formula is C71H114N22O18S4. The Bertz CT molecular complexity index is 4280. The van der Waals surface area contributed by atoms with Crippen LogP contribution in [-0.4, -0.2) is 155 Å². The number of hydrogen-bond donors (Lipinski definition) is 13. The number of H-pyrrole nitrogens is 7. The molecule has 115 heavy (non-hydrogen) atoms. The van der Waals surface area contributed by atoms with E-state index in [0.717, 1.165) is 58.0 Å². The summed E-state index contributed by atoms with van der Waals surface area (Å²) >= 11 is 8.01. The summed E-state index contributed by atoms with van der Waals surface area (Å²) < 4.78 is 36.1. The molecule has 1 unspecified atom stereocenters. The van der Waals surface area contributed by atoms with E-state index in [1.807, 2.05) is 130 Å². The van der Waals surface area contributed by atoms with Crippen LogP contribution < -0.4 is 44.0 Å². The van der Waals surface area contributed by atoms with Crippen LogP contribution in [0, 0.1) is 45.9 Å². The number of carbonyl (C=O) groups is 5. The minimum absolute atomic E-state index is 0.0127. The number of cyclic esters (lactones) is 1. The number of carbonyl (C=O) groups excluding carboxylic acids is 5. The number of aromatic hydroxyl groups is 1. The maximum Gasteiger partial charge on any atom is 0.438 e. The highest BCUT2D eigenvalue weighted by Gasteiger charge is 2.30. The number of amidine groups is 1. The molecule has 11 heterocycles. The molecule has 40 nitrogen and oxygen atoms in total. The first-order valence-electron chi connectivity index (χ1n) is 36.2. The van der Waals surface area contributed by atoms with Crippen LogP contribution in [0.5, 0.6) is 5.75 Å². The molecule has 8 aromatic heterocycles. The number of aromatic nitrogens is 15. The lowest BCUT2D eigenvalue weighted by atomic mass is 10.0. The first kappa shape index (κ1) is 106. The van der Waals surface area contributed by atoms with Crippen LogP contribution in [-0.2, 0) is 28.7 Å². The minimum Gasteiger partial charge on any atom is -0.502 e. The molecule has 8 aromatic rings. The van der Waals surface area contributed by atoms with Crippen molar-refractivity contribution in [2.45, 2.75) is 233 Å². The zero-order valence-electron chi connectivity index (χ0n) is 69.8. The molecule has 11 rings (SSSR count). The Hall–Kier alpha value is -10.6. The van der Waals surface area contributed by atoms with Gasteiger partial charge in [-0.25, -0.2) is 29.6 Å². The number of tetrazole rings is 1. The largest absolute Gasteiger partial charge is 0.502 e. The predicted molar refractivity (Wildman–Crippen MR) is 438 cm³/mol. The van der Waals surface area contributed by atoms with E-state index in [2.05, 4.69) is 139 Å². The lowest BCUT2D eigenvalue weighted by Crippen LogP contribution is -2.27. The van der Waals surface area contributed by atoms with Crippen molar-refractivity contribution in [2.24, 2.45) is 44.0 Å². The standard InChI is InChI=1S/C8H10O3.C6H10N2O.C6H9NO2S.2C6H9NO2.C6H9NOS.C5H9N3.C5H8N2O2.2C5H8N2OS.C5H8N2O.C4H8N4.C4H9NO2/c1-5(2)6-3-11-4-7(9)8(6)10;1-4(2)6-7-3-5(9)8-6;1-3(2)4-5(8)6(9)10-7-4;1-4(2)6-7-3-5(8)9-6;2*1-4(2)5-3-6(8)7-9-5;1-4(2)5-3-6-8-7-5;1-3(2)4-6-5(8)9-7-4;1-3(2)4-6-5(9)8-7-4;1-3(2)4-5(8)7-9-6-4;1-4(2)5(8)7-3-6;1-3(2)4-5-7-8-6-4;1-3(2)4(6)5-7/h3-5,9H,1-2H3;4H,3H2,1-2H3,(H,7,8,9);3,5,8H,1-2H3;4H,3H2,1-2H3;2*3-4H,1-2H3,(H,7,8);3-4H,1-2H3,(H,6,7,8);3H,1-2H3,(H,6,7,8);3H,1-2H3,(H,6,7,9);3H,1-2H3,(H,7,8);4H,1-2H3,(H,7,8);3H,1-2H3,(H,5,6,7,8);3,7H,1-2H3,(H,5,6). The molecule has 0 aromatic carbocycles. The number of nitrogens with one attached hydrogen (secondary N) is 10. The minimum atomic E-state index is -0.954. The fraction of sp³-hybridized carbons (Fsp3) is 0.592. The van der Waals surface area contributed by atoms with E-state index in [1.165, 1.54) is 29.3 Å². The molecule has 3 aliphatic rings. The zero-order valence-corrected chi connectivity index (χ0v) is 73.1. The van der Waals surface area contributed by atoms with Gasteiger partial charge >= 0.3 is 16.6 Å². The number of hydrogen-bond acceptors (Lipinski definition) is 34. The summed E-state index contributed by atoms with van der Waals surface area (Å²) in [6.07, 6.45) is 4.74. The molecular weight excluding hydrogens is 1580 g/mol. The average Bonchev–Trinajstić information content (AvgIpc) is 1.33. The van der Waals surface area contributed by atoms with Crippen molar-refractivity contribution in [3.63, 3.8) is 0 Å². The molecule has 3 amide bonds. The number of aliphatic hydroxyl groups is 1. The second-order valence-corrected chi connectivity index (χ2v) is 30.7. The lowest BCUT2D eigenvalue weighted by Gasteiger charge is -2.05. The van der Waals surface area contributed by atoms with Crippen LogP contribution in [0.15, 0.2) is 87.2 Å². The van der Waals surface area contributed by atoms with E-state index < -0.39 is 11.9 Å². The van der Waals surface area contributed by atoms with Crippen LogP contribution in [0.1, 0.15) is 272 Å². The van der Waals surface area contributed by atoms with Gasteiger partial charge in [0, 0.05) is 87.6 Å². The third kappa shape index (κ3) is 46.4. The van der Waals surface area contributed by atoms with Gasteiger partial charge in [-0.1, -0.05) is 202 Å². The molecule has 3 aliphatic heterocycles. The van der Waals surface area contributed by atoms with Gasteiger partial charge in [-0.2, -0.15) is 40.4 Å². The number of amides is 3. The van der Waals surface area contributed by atoms with Crippen molar-refractivity contribution in [2.75, 3.05) is 13.1 Å². The number of ether oxygens (including phenoxy) is 1. The van der Waals surface area contributed by atoms with Gasteiger partial charge in [0.25, 0.3) is 16.7 Å². The molecule has 0 saturated heterocycles. The maximum atomic E-state index is 11.1. The summed E-state index contributed by atoms with van der Waals surface area (Å²) in [5.41, 5.74) is 3.74. The topological polar surface area (TPSA) is 604 Å². The lowest BCUT2D eigenvalue weighted by molar-refractivity contribution is -0.133. The van der Waals surface area contributed by atoms with Gasteiger partial charge in [-0.05, 0) is 35.9 Å². The summed E-state index contributed by atoms with van der Waals surface area (Å²) in [6.45, 7) is 50.9. The molecule has 44 heteroatoms. The van der Waals surface area contributed by atoms with Crippen molar-refractivity contribution in [1.29, 1.82) is 5.26 Å². The van der Waals surface area contributed by atoms with Gasteiger partial charge in [0.15, 0.2) is 35.6 Å². The summed E-state index contributed by atoms with van der Waals surface area (Å²) in [5.74, 6) is 5.65. The number of hydroxylamine groups is 1. The van der Waals surface area contributed by atoms with Crippen LogP contribution in [0.2, 0.25) is 0 Å². The fourth-order valence-electron chi connectivity index (χ4n) is 6.84. The Labute approximate surface area is 683 Å². The van der Waals surface area contributed by atoms with Crippen LogP contribution in [0.4, 0.5) is 0 Å². The predicted octanol–water partition coefficient (Wildman–Crippen LogP) is 10.5. The molecule has 0 fully saturated rings. The molecule has 1 atom stereocenters. The van der Waals surface area contributed by atoms with Gasteiger partial charge in [0.05, 0.1) is 35.8 Å². The number of aliphatic hydroxyl groups excluding tert-OH is 1. The maximum absolute atomic E-state index is 11.1. The monoisotopic (exact) mass is 1690 g/mol. The van der Waals surface area contributed by atoms with E-state index in [4.69, 9.17) is 38.9 Å². The molecule has 0 spiro atoms. The Morgan fingerprint density at radius 2 is 1.29 bits per heavy atom. The fourth-order valence-corrected chi connectivity index (χ4v) is 9.01. The molecule has 0 saturated carbocycles. The molecule has 13 N–H and O–H groups in total. The number of rotatable bonds is 13. The third-order valence-corrected chi connectivity index (χ3v) is 16.2. The van der Waals surface area contributed by atoms with Crippen LogP contribution in [0.25, 0.3) is 0 Å². The quantitative estimate of drug-likeness (QED) is 0.00970. The number of aromatic amines is 7. The van der Waals surface area contributed by atoms with Crippen molar-refractivity contribution in [1.82, 2.24) is 90.7 Å². The van der Waals surface area contributed by atoms with E-state index in [9.17, 15) is 47.9 Å². The van der Waals surface area contributed by atoms with E-state index in [0.29, 0.717) is 70.6 Å². The summed E-state index contributed by atoms with van der Waals surface area (Å²) in [4.78, 5) is 121. The highest BCUT2D eigenvalue weighted by molar-refractivity contribution is 8.13. The SMILES string of the molecule is CC(C)C(=O)NC#N.CC(C)C(=O)NO.CC(C)C1=NCC(=O)N1.CC(C)C1=NCC(=O)O1.CC(C)C1=NSC(=O)C1O.CC(C)c1cc(=O)[nH]o1.CC(C)c1cc(=O)[nH]s1.CC(C)c1cn[nH]n1.CC(C)c1cocc(O)c1=O.CC(C)c1nc(=S)o[nH]1.CC(C)c1nn[nH]n1.CC(C)c1noc(=O)[nH]1.CC(C)c1ns[nH]c1=O. The summed E-state index contributed by atoms with van der Waals surface area (Å²) in [7, 11) is 0. The number of nitrogens with zero attached hydrogens (tertiary/aromatic N) is 12. The summed E-state index contributed by atoms with van der Waals surface area (Å²) in [6, 6.07) is 3.11. The Morgan fingerprint density at radius 1 is 0.661 bits per heavy atom. The molecule has 0 aliphatic carbocycles. The second-order valence-electron chi connectivity index (χ2n) is 28.2. The highest BCUT2D eigenvalue weighted by atomic mass is 32.2. The number of aliphatic imine (C=N–C) groups is 2. The van der Waals surface area contributed by atoms with Crippen molar-refractivity contribution in [3.8, 4) is 11.9 Å². The Kier molecular flexibility index (Phi) is 53.1. The van der Waals surface area contributed by atoms with Crippen molar-refractivity contribution in [3.05, 3.63) is 133 Å². The molecule has 640 valence electrons. The van der Waals surface area contributed by atoms with E-state index in [1.54, 1.807) is 46.2 Å². The smallest absolute Gasteiger partial charge is 0.438 e. The van der Waals surface area contributed by atoms with Gasteiger partial charge in [-0.3, -0.25) is 72.1 Å². The van der Waals surface area contributed by atoms with Gasteiger partial charge in [0.2, 0.25) is 28.3 Å². The second kappa shape index (κ2) is 57.4. The summed E-state index contributed by atoms with van der Waals surface area (Å²) in [5, 5.41) is 70.0. The van der Waals surface area contributed by atoms with Crippen LogP contribution in [0.3, 0.4) is 0 Å². The van der Waals surface area contributed by atoms with Crippen LogP contribution >= 0.6 is 47.4 Å². The normalized spacial score (nSPS) is 12.8. The van der Waals surface area contributed by atoms with Gasteiger partial charge < -0.3 is 33.7 Å².